The molecule has 148 valence electrons. The second kappa shape index (κ2) is 7.91. The van der Waals surface area contributed by atoms with E-state index in [9.17, 15) is 4.79 Å². The molecule has 6 heteroatoms. The highest BCUT2D eigenvalue weighted by molar-refractivity contribution is 5.85. The molecule has 4 rings (SSSR count). The van der Waals surface area contributed by atoms with E-state index in [0.717, 1.165) is 46.6 Å². The molecule has 1 unspecified atom stereocenters. The van der Waals surface area contributed by atoms with E-state index in [1.807, 2.05) is 47.9 Å². The summed E-state index contributed by atoms with van der Waals surface area (Å²) in [6.07, 6.45) is 9.03. The number of hydrogen-bond acceptors (Lipinski definition) is 4. The number of hydrogen-bond donors (Lipinski definition) is 2. The molecule has 1 fully saturated rings. The van der Waals surface area contributed by atoms with Gasteiger partial charge in [0.15, 0.2) is 5.65 Å². The fraction of sp³-hybridized carbons (Fsp3) is 0.261. The number of imidazole rings is 1. The third-order valence-corrected chi connectivity index (χ3v) is 4.98. The molecule has 1 atom stereocenters. The smallest absolute Gasteiger partial charge is 0.223 e. The van der Waals surface area contributed by atoms with Crippen LogP contribution in [0.5, 0.6) is 0 Å². The fourth-order valence-electron chi connectivity index (χ4n) is 3.46. The molecular formula is C23H25N5O. The lowest BCUT2D eigenvalue weighted by atomic mass is 10.0. The monoisotopic (exact) mass is 387 g/mol. The highest BCUT2D eigenvalue weighted by Gasteiger charge is 2.30. The maximum Gasteiger partial charge on any atom is 0.223 e. The van der Waals surface area contributed by atoms with E-state index in [4.69, 9.17) is 10.7 Å². The van der Waals surface area contributed by atoms with Crippen LogP contribution in [0.4, 0.5) is 0 Å². The first-order chi connectivity index (χ1) is 14.1. The molecule has 3 N–H and O–H groups in total. The number of rotatable bonds is 6. The Hall–Kier alpha value is -3.41. The van der Waals surface area contributed by atoms with Gasteiger partial charge in [-0.2, -0.15) is 5.10 Å². The number of fused-ring (bicyclic) bond motifs is 1. The third kappa shape index (κ3) is 4.06. The van der Waals surface area contributed by atoms with Gasteiger partial charge in [0.2, 0.25) is 5.91 Å². The predicted octanol–water partition coefficient (Wildman–Crippen LogP) is 3.48. The quantitative estimate of drug-likeness (QED) is 0.634. The van der Waals surface area contributed by atoms with Gasteiger partial charge in [-0.15, -0.1) is 0 Å². The zero-order chi connectivity index (χ0) is 20.4. The molecular weight excluding hydrogens is 362 g/mol. The first-order valence-corrected chi connectivity index (χ1v) is 9.88. The Morgan fingerprint density at radius 2 is 2.14 bits per heavy atom. The van der Waals surface area contributed by atoms with E-state index < -0.39 is 0 Å². The molecule has 0 spiro atoms. The largest absolute Gasteiger partial charge is 0.405 e. The van der Waals surface area contributed by atoms with Crippen LogP contribution in [0, 0.1) is 12.8 Å². The van der Waals surface area contributed by atoms with Gasteiger partial charge in [0, 0.05) is 29.3 Å². The number of aryl methyl sites for hydroxylation is 1. The Balaban J connectivity index is 1.83. The second-order valence-electron chi connectivity index (χ2n) is 7.52. The van der Waals surface area contributed by atoms with Crippen molar-refractivity contribution in [1.29, 1.82) is 0 Å². The van der Waals surface area contributed by atoms with E-state index in [0.29, 0.717) is 0 Å². The van der Waals surface area contributed by atoms with Gasteiger partial charge in [0.1, 0.15) is 5.69 Å². The molecule has 1 amide bonds. The number of amides is 1. The number of benzene rings is 1. The predicted molar refractivity (Wildman–Crippen MR) is 115 cm³/mol. The average Bonchev–Trinajstić information content (AvgIpc) is 3.48. The molecule has 1 aliphatic carbocycles. The van der Waals surface area contributed by atoms with Gasteiger partial charge in [-0.1, -0.05) is 29.8 Å². The molecule has 0 radical (unpaired) electrons. The van der Waals surface area contributed by atoms with Crippen molar-refractivity contribution in [3.8, 4) is 11.3 Å². The van der Waals surface area contributed by atoms with Gasteiger partial charge >= 0.3 is 0 Å². The maximum atomic E-state index is 12.2. The van der Waals surface area contributed by atoms with Crippen molar-refractivity contribution in [2.45, 2.75) is 32.7 Å². The Bertz CT molecular complexity index is 1110. The summed E-state index contributed by atoms with van der Waals surface area (Å²) >= 11 is 0. The molecule has 1 aromatic carbocycles. The van der Waals surface area contributed by atoms with Crippen molar-refractivity contribution >= 4 is 17.1 Å². The van der Waals surface area contributed by atoms with Crippen LogP contribution >= 0.6 is 0 Å². The van der Waals surface area contributed by atoms with Crippen molar-refractivity contribution in [2.75, 3.05) is 0 Å². The Morgan fingerprint density at radius 1 is 1.31 bits per heavy atom. The Kier molecular flexibility index (Phi) is 5.16. The minimum atomic E-state index is -0.145. The number of nitrogens with two attached hydrogens (primary N) is 1. The van der Waals surface area contributed by atoms with Crippen molar-refractivity contribution in [2.24, 2.45) is 11.7 Å². The Labute approximate surface area is 170 Å². The molecule has 2 aromatic heterocycles. The fourth-order valence-corrected chi connectivity index (χ4v) is 3.46. The maximum absolute atomic E-state index is 12.2. The highest BCUT2D eigenvalue weighted by atomic mass is 16.2. The van der Waals surface area contributed by atoms with Crippen LogP contribution in [-0.4, -0.2) is 26.5 Å². The molecule has 1 aliphatic rings. The molecule has 2 heterocycles. The second-order valence-corrected chi connectivity index (χ2v) is 7.52. The van der Waals surface area contributed by atoms with Crippen molar-refractivity contribution < 1.29 is 4.79 Å². The van der Waals surface area contributed by atoms with Gasteiger partial charge in [0.25, 0.3) is 0 Å². The summed E-state index contributed by atoms with van der Waals surface area (Å²) in [7, 11) is 0. The van der Waals surface area contributed by atoms with Gasteiger partial charge in [-0.3, -0.25) is 4.79 Å². The molecule has 0 bridgehead atoms. The standard InChI is InChI=1S/C23H25N5O/c1-15-5-3-6-18(13-15)21-22(28-20(27-21)7-4-12-25-28)19(10-11-24)14-16(2)26-23(29)17-8-9-17/h3-7,10-14,16-17H,8-9,24H2,1-2H3,(H,26,29)/b11-10-,19-14+. The summed E-state index contributed by atoms with van der Waals surface area (Å²) in [5.74, 6) is 0.277. The van der Waals surface area contributed by atoms with Crippen LogP contribution < -0.4 is 11.1 Å². The van der Waals surface area contributed by atoms with E-state index in [1.165, 1.54) is 6.20 Å². The first kappa shape index (κ1) is 18.9. The van der Waals surface area contributed by atoms with Crippen LogP contribution in [0.2, 0.25) is 0 Å². The van der Waals surface area contributed by atoms with Crippen LogP contribution in [-0.2, 0) is 4.79 Å². The van der Waals surface area contributed by atoms with Crippen molar-refractivity contribution in [1.82, 2.24) is 19.9 Å². The Morgan fingerprint density at radius 3 is 2.86 bits per heavy atom. The lowest BCUT2D eigenvalue weighted by Crippen LogP contribution is -2.32. The van der Waals surface area contributed by atoms with Crippen molar-refractivity contribution in [3.63, 3.8) is 0 Å². The molecule has 1 saturated carbocycles. The lowest BCUT2D eigenvalue weighted by molar-refractivity contribution is -0.122. The topological polar surface area (TPSA) is 85.3 Å². The molecule has 3 aromatic rings. The zero-order valence-corrected chi connectivity index (χ0v) is 16.7. The van der Waals surface area contributed by atoms with Crippen LogP contribution in [0.15, 0.2) is 60.9 Å². The van der Waals surface area contributed by atoms with Crippen LogP contribution in [0.3, 0.4) is 0 Å². The summed E-state index contributed by atoms with van der Waals surface area (Å²) in [5, 5.41) is 7.58. The molecule has 0 aliphatic heterocycles. The van der Waals surface area contributed by atoms with E-state index >= 15 is 0 Å². The van der Waals surface area contributed by atoms with Gasteiger partial charge in [-0.25, -0.2) is 9.50 Å². The van der Waals surface area contributed by atoms with Gasteiger partial charge in [0.05, 0.1) is 5.69 Å². The van der Waals surface area contributed by atoms with E-state index in [2.05, 4.69) is 29.5 Å². The van der Waals surface area contributed by atoms with Crippen LogP contribution in [0.1, 0.15) is 31.0 Å². The summed E-state index contributed by atoms with van der Waals surface area (Å²) in [6.45, 7) is 4.02. The zero-order valence-electron chi connectivity index (χ0n) is 16.7. The number of carbonyl (C=O) groups excluding carboxylic acids is 1. The van der Waals surface area contributed by atoms with Crippen molar-refractivity contribution in [3.05, 3.63) is 72.2 Å². The molecule has 0 saturated heterocycles. The normalized spacial score (nSPS) is 15.7. The van der Waals surface area contributed by atoms with Gasteiger partial charge in [-0.05, 0) is 57.2 Å². The summed E-state index contributed by atoms with van der Waals surface area (Å²) < 4.78 is 1.82. The summed E-state index contributed by atoms with van der Waals surface area (Å²) in [6, 6.07) is 11.9. The summed E-state index contributed by atoms with van der Waals surface area (Å²) in [5.41, 5.74) is 11.2. The van der Waals surface area contributed by atoms with Crippen LogP contribution in [0.25, 0.3) is 22.5 Å². The minimum absolute atomic E-state index is 0.111. The van der Waals surface area contributed by atoms with E-state index in [1.54, 1.807) is 6.20 Å². The molecule has 29 heavy (non-hydrogen) atoms. The first-order valence-electron chi connectivity index (χ1n) is 9.88. The number of allylic oxidation sites excluding steroid dienone is 2. The lowest BCUT2D eigenvalue weighted by Gasteiger charge is -2.12. The van der Waals surface area contributed by atoms with E-state index in [-0.39, 0.29) is 17.9 Å². The number of carbonyl (C=O) groups is 1. The average molecular weight is 387 g/mol. The number of aromatic nitrogens is 3. The van der Waals surface area contributed by atoms with Gasteiger partial charge < -0.3 is 11.1 Å². The SMILES string of the molecule is Cc1cccc(-c2nc3cccnn3c2C(/C=C\N)=C/C(C)NC(=O)C2CC2)c1. The third-order valence-electron chi connectivity index (χ3n) is 4.98. The molecule has 6 nitrogen and oxygen atoms in total. The summed E-state index contributed by atoms with van der Waals surface area (Å²) in [4.78, 5) is 17.0. The highest BCUT2D eigenvalue weighted by Crippen LogP contribution is 2.31. The number of nitrogens with one attached hydrogen (secondary N) is 1. The minimum Gasteiger partial charge on any atom is -0.405 e. The number of nitrogens with zero attached hydrogens (tertiary/aromatic N) is 3.